The van der Waals surface area contributed by atoms with Crippen molar-refractivity contribution in [3.05, 3.63) is 206 Å². The zero-order valence-electron chi connectivity index (χ0n) is 35.8. The van der Waals surface area contributed by atoms with Crippen LogP contribution in [0.5, 0.6) is 0 Å². The second kappa shape index (κ2) is 13.8. The number of hydrogen-bond donors (Lipinski definition) is 0. The average Bonchev–Trinajstić information content (AvgIpc) is 3.91. The molecule has 0 saturated heterocycles. The van der Waals surface area contributed by atoms with Crippen molar-refractivity contribution in [2.75, 3.05) is 14.7 Å². The highest BCUT2D eigenvalue weighted by molar-refractivity contribution is 7.00. The van der Waals surface area contributed by atoms with Gasteiger partial charge in [-0.3, -0.25) is 0 Å². The lowest BCUT2D eigenvalue weighted by atomic mass is 9.33. The molecule has 0 atom stereocenters. The largest absolute Gasteiger partial charge is 0.454 e. The van der Waals surface area contributed by atoms with Crippen LogP contribution < -0.4 is 31.1 Å². The minimum absolute atomic E-state index is 0.0122. The van der Waals surface area contributed by atoms with Crippen LogP contribution in [0.25, 0.3) is 43.9 Å². The Balaban J connectivity index is 1.12. The van der Waals surface area contributed by atoms with Crippen molar-refractivity contribution in [1.82, 2.24) is 0 Å². The number of anilines is 9. The van der Waals surface area contributed by atoms with Gasteiger partial charge in [0, 0.05) is 61.4 Å². The molecule has 64 heavy (non-hydrogen) atoms. The minimum atomic E-state index is -0.110. The van der Waals surface area contributed by atoms with Crippen LogP contribution in [0.15, 0.2) is 209 Å². The third kappa shape index (κ3) is 5.39. The molecule has 0 aliphatic carbocycles. The third-order valence-corrected chi connectivity index (χ3v) is 13.4. The molecular formula is C58H42BN3O2. The van der Waals surface area contributed by atoms with E-state index in [0.29, 0.717) is 0 Å². The van der Waals surface area contributed by atoms with Gasteiger partial charge in [-0.15, -0.1) is 0 Å². The van der Waals surface area contributed by atoms with Crippen molar-refractivity contribution in [3.63, 3.8) is 0 Å². The van der Waals surface area contributed by atoms with Gasteiger partial charge in [-0.2, -0.15) is 0 Å². The number of fused-ring (bicyclic) bond motifs is 11. The molecule has 0 saturated carbocycles. The van der Waals surface area contributed by atoms with E-state index in [0.717, 1.165) is 95.1 Å². The van der Waals surface area contributed by atoms with Crippen LogP contribution in [-0.4, -0.2) is 6.71 Å². The molecule has 0 amide bonds. The topological polar surface area (TPSA) is 36.0 Å². The summed E-state index contributed by atoms with van der Waals surface area (Å²) in [4.78, 5) is 7.27. The quantitative estimate of drug-likeness (QED) is 0.162. The highest BCUT2D eigenvalue weighted by atomic mass is 16.3. The molecule has 6 heteroatoms. The molecular weight excluding hydrogens is 781 g/mol. The number of nitrogens with zero attached hydrogens (tertiary/aromatic N) is 3. The SMILES string of the molecule is CC(C)(C)c1ccc(N2c3cc(N(c4ccccc4)c4ccccc4)ccc3B3c4ccc5c(oc6ccccc65)c4N(c4cccc5c4oc4ccccc45)c4cccc2c43)cc1. The molecule has 5 nitrogen and oxygen atoms in total. The van der Waals surface area contributed by atoms with Gasteiger partial charge in [0.15, 0.2) is 11.2 Å². The zero-order valence-corrected chi connectivity index (χ0v) is 35.8. The molecule has 13 rings (SSSR count). The number of rotatable bonds is 5. The first kappa shape index (κ1) is 36.7. The van der Waals surface area contributed by atoms with Crippen LogP contribution in [0, 0.1) is 0 Å². The second-order valence-electron chi connectivity index (χ2n) is 18.1. The van der Waals surface area contributed by atoms with Crippen molar-refractivity contribution in [2.24, 2.45) is 0 Å². The fourth-order valence-electron chi connectivity index (χ4n) is 10.5. The molecule has 304 valence electrons. The van der Waals surface area contributed by atoms with E-state index in [9.17, 15) is 0 Å². The molecule has 2 aliphatic heterocycles. The summed E-state index contributed by atoms with van der Waals surface area (Å²) in [6.07, 6.45) is 0. The van der Waals surface area contributed by atoms with Gasteiger partial charge in [-0.1, -0.05) is 142 Å². The van der Waals surface area contributed by atoms with Crippen molar-refractivity contribution in [2.45, 2.75) is 26.2 Å². The van der Waals surface area contributed by atoms with Gasteiger partial charge >= 0.3 is 0 Å². The normalized spacial score (nSPS) is 13.1. The van der Waals surface area contributed by atoms with Gasteiger partial charge in [0.05, 0.1) is 11.4 Å². The van der Waals surface area contributed by atoms with Gasteiger partial charge in [-0.25, -0.2) is 0 Å². The Bertz CT molecular complexity index is 3590. The molecule has 4 heterocycles. The lowest BCUT2D eigenvalue weighted by Crippen LogP contribution is -2.61. The molecule has 0 fully saturated rings. The maximum absolute atomic E-state index is 7.01. The van der Waals surface area contributed by atoms with Crippen LogP contribution in [-0.2, 0) is 5.41 Å². The summed E-state index contributed by atoms with van der Waals surface area (Å²) < 4.78 is 13.8. The highest BCUT2D eigenvalue weighted by Gasteiger charge is 2.45. The molecule has 2 aromatic heterocycles. The van der Waals surface area contributed by atoms with Crippen LogP contribution in [0.2, 0.25) is 0 Å². The Labute approximate surface area is 372 Å². The summed E-state index contributed by atoms with van der Waals surface area (Å²) in [5.74, 6) is 0. The van der Waals surface area contributed by atoms with E-state index in [2.05, 4.69) is 230 Å². The lowest BCUT2D eigenvalue weighted by Gasteiger charge is -2.44. The summed E-state index contributed by atoms with van der Waals surface area (Å²) >= 11 is 0. The van der Waals surface area contributed by atoms with E-state index in [4.69, 9.17) is 8.83 Å². The van der Waals surface area contributed by atoms with Gasteiger partial charge in [0.25, 0.3) is 6.71 Å². The minimum Gasteiger partial charge on any atom is -0.454 e. The maximum Gasteiger partial charge on any atom is 0.252 e. The van der Waals surface area contributed by atoms with E-state index in [1.165, 1.54) is 22.0 Å². The molecule has 0 N–H and O–H groups in total. The molecule has 0 spiro atoms. The Morgan fingerprint density at radius 2 is 0.969 bits per heavy atom. The highest BCUT2D eigenvalue weighted by Crippen LogP contribution is 2.50. The van der Waals surface area contributed by atoms with E-state index < -0.39 is 0 Å². The monoisotopic (exact) mass is 823 g/mol. The standard InChI is InChI=1S/C58H42BN3O2/c1-58(2,3)37-28-30-40(31-29-37)61-48-23-15-24-49-54(48)59(46-34-32-41(36-51(46)61)60(38-16-6-4-7-17-38)39-18-8-5-9-19-39)47-35-33-45-43-21-11-13-27-53(43)64-57(45)55(47)62(49)50-25-14-22-44-42-20-10-12-26-52(42)63-56(44)50/h4-36H,1-3H3. The fraction of sp³-hybridized carbons (Fsp3) is 0.0690. The van der Waals surface area contributed by atoms with E-state index in [-0.39, 0.29) is 12.1 Å². The Kier molecular flexibility index (Phi) is 7.89. The van der Waals surface area contributed by atoms with Gasteiger partial charge in [0.1, 0.15) is 11.2 Å². The van der Waals surface area contributed by atoms with Crippen LogP contribution in [0.3, 0.4) is 0 Å². The first-order valence-electron chi connectivity index (χ1n) is 22.1. The summed E-state index contributed by atoms with van der Waals surface area (Å²) in [6, 6.07) is 72.3. The molecule has 0 radical (unpaired) electrons. The number of hydrogen-bond acceptors (Lipinski definition) is 5. The number of benzene rings is 9. The molecule has 0 unspecified atom stereocenters. The van der Waals surface area contributed by atoms with E-state index in [1.807, 2.05) is 6.07 Å². The van der Waals surface area contributed by atoms with Crippen LogP contribution >= 0.6 is 0 Å². The maximum atomic E-state index is 7.01. The van der Waals surface area contributed by atoms with Crippen LogP contribution in [0.1, 0.15) is 26.3 Å². The Morgan fingerprint density at radius 1 is 0.422 bits per heavy atom. The van der Waals surface area contributed by atoms with Crippen molar-refractivity contribution >= 4 is 118 Å². The predicted octanol–water partition coefficient (Wildman–Crippen LogP) is 14.3. The van der Waals surface area contributed by atoms with E-state index in [1.54, 1.807) is 0 Å². The van der Waals surface area contributed by atoms with Gasteiger partial charge < -0.3 is 23.5 Å². The number of furan rings is 2. The molecule has 2 aliphatic rings. The zero-order chi connectivity index (χ0) is 42.7. The predicted molar refractivity (Wildman–Crippen MR) is 268 cm³/mol. The van der Waals surface area contributed by atoms with Gasteiger partial charge in [-0.05, 0) is 106 Å². The first-order chi connectivity index (χ1) is 31.4. The van der Waals surface area contributed by atoms with E-state index >= 15 is 0 Å². The Hall–Kier alpha value is -7.96. The third-order valence-electron chi connectivity index (χ3n) is 13.4. The van der Waals surface area contributed by atoms with Crippen molar-refractivity contribution < 1.29 is 8.83 Å². The number of para-hydroxylation sites is 5. The summed E-state index contributed by atoms with van der Waals surface area (Å²) in [5.41, 5.74) is 18.1. The fourth-order valence-corrected chi connectivity index (χ4v) is 10.5. The first-order valence-corrected chi connectivity index (χ1v) is 22.1. The van der Waals surface area contributed by atoms with Crippen LogP contribution in [0.4, 0.5) is 51.2 Å². The summed E-state index contributed by atoms with van der Waals surface area (Å²) in [7, 11) is 0. The Morgan fingerprint density at radius 3 is 1.64 bits per heavy atom. The van der Waals surface area contributed by atoms with Gasteiger partial charge in [0.2, 0.25) is 0 Å². The average molecular weight is 824 g/mol. The molecule has 0 bridgehead atoms. The van der Waals surface area contributed by atoms with Crippen molar-refractivity contribution in [3.8, 4) is 0 Å². The summed E-state index contributed by atoms with van der Waals surface area (Å²) in [5, 5.41) is 4.37. The molecule has 9 aromatic carbocycles. The summed E-state index contributed by atoms with van der Waals surface area (Å²) in [6.45, 7) is 6.72. The second-order valence-corrected chi connectivity index (χ2v) is 18.1. The molecule has 11 aromatic rings. The van der Waals surface area contributed by atoms with Crippen molar-refractivity contribution in [1.29, 1.82) is 0 Å². The smallest absolute Gasteiger partial charge is 0.252 e. The lowest BCUT2D eigenvalue weighted by molar-refractivity contribution is 0.590.